The highest BCUT2D eigenvalue weighted by Gasteiger charge is 2.68. The molecule has 4 fully saturated rings. The predicted molar refractivity (Wildman–Crippen MR) is 149 cm³/mol. The highest BCUT2D eigenvalue weighted by Crippen LogP contribution is 2.75. The number of carbonyl (C=O) groups is 2. The smallest absolute Gasteiger partial charge is 0.309 e. The van der Waals surface area contributed by atoms with Gasteiger partial charge in [0.2, 0.25) is 0 Å². The van der Waals surface area contributed by atoms with Crippen LogP contribution in [0.3, 0.4) is 0 Å². The van der Waals surface area contributed by atoms with Crippen LogP contribution in [0.25, 0.3) is 0 Å². The van der Waals surface area contributed by atoms with E-state index >= 15 is 0 Å². The highest BCUT2D eigenvalue weighted by molar-refractivity contribution is 5.74. The van der Waals surface area contributed by atoms with Gasteiger partial charge < -0.3 is 14.9 Å². The van der Waals surface area contributed by atoms with Crippen molar-refractivity contribution in [3.63, 3.8) is 0 Å². The molecule has 0 aromatic heterocycles. The Bertz CT molecular complexity index is 1030. The summed E-state index contributed by atoms with van der Waals surface area (Å²) in [6.07, 6.45) is 13.4. The molecule has 214 valence electrons. The molecule has 0 aromatic carbocycles. The number of carboxylic acids is 2. The monoisotopic (exact) mass is 528 g/mol. The zero-order valence-corrected chi connectivity index (χ0v) is 25.0. The molecule has 5 rings (SSSR count). The maximum absolute atomic E-state index is 12.3. The van der Waals surface area contributed by atoms with Gasteiger partial charge in [0.1, 0.15) is 0 Å². The third-order valence-electron chi connectivity index (χ3n) is 13.9. The Kier molecular flexibility index (Phi) is 6.54. The van der Waals surface area contributed by atoms with Gasteiger partial charge in [-0.3, -0.25) is 9.59 Å². The van der Waals surface area contributed by atoms with E-state index in [1.165, 1.54) is 25.7 Å². The molecule has 0 saturated heterocycles. The number of hydrogen-bond donors (Lipinski definition) is 2. The molecule has 0 spiro atoms. The van der Waals surface area contributed by atoms with Crippen molar-refractivity contribution in [2.24, 2.45) is 50.2 Å². The first-order valence-electron chi connectivity index (χ1n) is 15.3. The normalized spacial score (nSPS) is 49.5. The lowest BCUT2D eigenvalue weighted by Gasteiger charge is -2.71. The number of hydrogen-bond acceptors (Lipinski definition) is 3. The Morgan fingerprint density at radius 1 is 0.895 bits per heavy atom. The van der Waals surface area contributed by atoms with Crippen molar-refractivity contribution in [1.29, 1.82) is 0 Å². The summed E-state index contributed by atoms with van der Waals surface area (Å²) in [6, 6.07) is 0. The summed E-state index contributed by atoms with van der Waals surface area (Å²) in [5, 5.41) is 19.2. The third-order valence-corrected chi connectivity index (χ3v) is 13.9. The first-order chi connectivity index (χ1) is 17.5. The Morgan fingerprint density at radius 2 is 1.58 bits per heavy atom. The molecule has 5 aliphatic rings. The number of fused-ring (bicyclic) bond motifs is 7. The molecule has 0 aromatic rings. The Balaban J connectivity index is 1.47. The number of allylic oxidation sites excluding steroid dienone is 2. The number of ether oxygens (including phenoxy) is 1. The third kappa shape index (κ3) is 3.79. The van der Waals surface area contributed by atoms with E-state index in [-0.39, 0.29) is 39.6 Å². The lowest BCUT2D eigenvalue weighted by atomic mass is 9.33. The van der Waals surface area contributed by atoms with E-state index in [0.29, 0.717) is 24.4 Å². The summed E-state index contributed by atoms with van der Waals surface area (Å²) >= 11 is 0. The van der Waals surface area contributed by atoms with Gasteiger partial charge in [0.15, 0.2) is 0 Å². The predicted octanol–water partition coefficient (Wildman–Crippen LogP) is 7.73. The first-order valence-corrected chi connectivity index (χ1v) is 15.3. The van der Waals surface area contributed by atoms with Gasteiger partial charge in [-0.25, -0.2) is 0 Å². The van der Waals surface area contributed by atoms with Crippen LogP contribution in [-0.2, 0) is 14.3 Å². The maximum atomic E-state index is 12.3. The summed E-state index contributed by atoms with van der Waals surface area (Å²) in [5.41, 5.74) is 1.75. The van der Waals surface area contributed by atoms with E-state index < -0.39 is 17.4 Å². The van der Waals surface area contributed by atoms with Crippen molar-refractivity contribution < 1.29 is 24.5 Å². The van der Waals surface area contributed by atoms with Crippen LogP contribution in [0.5, 0.6) is 0 Å². The minimum atomic E-state index is -0.792. The summed E-state index contributed by atoms with van der Waals surface area (Å²) in [7, 11) is 0. The quantitative estimate of drug-likeness (QED) is 0.357. The number of aliphatic carboxylic acids is 2. The molecule has 0 bridgehead atoms. The fraction of sp³-hybridized carbons (Fsp3) is 0.879. The zero-order valence-electron chi connectivity index (χ0n) is 25.0. The molecule has 0 aliphatic heterocycles. The largest absolute Gasteiger partial charge is 0.481 e. The molecule has 4 saturated carbocycles. The molecule has 5 aliphatic carbocycles. The SMILES string of the molecule is CC1(C(=O)O)CC[C@]2(C)CC[C@]3(C)C(=CC[C@@H]4[C@@]5(C)CC[C@H](OCCC(=O)O)C(C)(C)C5CC[C@]43C)[C@@H]2C1. The molecule has 5 heteroatoms. The fourth-order valence-electron chi connectivity index (χ4n) is 11.1. The van der Waals surface area contributed by atoms with Crippen molar-refractivity contribution in [3.8, 4) is 0 Å². The van der Waals surface area contributed by atoms with Gasteiger partial charge in [-0.1, -0.05) is 53.2 Å². The van der Waals surface area contributed by atoms with E-state index in [0.717, 1.165) is 38.5 Å². The van der Waals surface area contributed by atoms with Gasteiger partial charge in [-0.2, -0.15) is 0 Å². The second-order valence-electron chi connectivity index (χ2n) is 15.9. The van der Waals surface area contributed by atoms with Gasteiger partial charge >= 0.3 is 11.9 Å². The average molecular weight is 529 g/mol. The topological polar surface area (TPSA) is 83.8 Å². The van der Waals surface area contributed by atoms with Gasteiger partial charge in [0, 0.05) is 0 Å². The minimum absolute atomic E-state index is 0.00946. The van der Waals surface area contributed by atoms with Gasteiger partial charge in [0.25, 0.3) is 0 Å². The van der Waals surface area contributed by atoms with E-state index in [9.17, 15) is 14.7 Å². The van der Waals surface area contributed by atoms with Crippen molar-refractivity contribution in [1.82, 2.24) is 0 Å². The molecule has 9 atom stereocenters. The van der Waals surface area contributed by atoms with Crippen molar-refractivity contribution in [2.75, 3.05) is 6.61 Å². The van der Waals surface area contributed by atoms with Gasteiger partial charge in [-0.05, 0) is 116 Å². The number of carboxylic acid groups (broad SMARTS) is 2. The summed E-state index contributed by atoms with van der Waals surface area (Å²) in [5.74, 6) is 0.105. The Morgan fingerprint density at radius 3 is 2.24 bits per heavy atom. The molecule has 0 amide bonds. The molecule has 0 radical (unpaired) electrons. The van der Waals surface area contributed by atoms with Crippen LogP contribution in [0.15, 0.2) is 11.6 Å². The van der Waals surface area contributed by atoms with Crippen LogP contribution < -0.4 is 0 Å². The van der Waals surface area contributed by atoms with Crippen molar-refractivity contribution in [2.45, 2.75) is 125 Å². The van der Waals surface area contributed by atoms with Crippen LogP contribution >= 0.6 is 0 Å². The van der Waals surface area contributed by atoms with Crippen molar-refractivity contribution >= 4 is 11.9 Å². The first kappa shape index (κ1) is 28.2. The van der Waals surface area contributed by atoms with E-state index in [1.54, 1.807) is 5.57 Å². The fourth-order valence-corrected chi connectivity index (χ4v) is 11.1. The van der Waals surface area contributed by atoms with Gasteiger partial charge in [0.05, 0.1) is 24.5 Å². The van der Waals surface area contributed by atoms with Crippen LogP contribution in [0.2, 0.25) is 0 Å². The molecule has 0 heterocycles. The van der Waals surface area contributed by atoms with E-state index in [2.05, 4.69) is 47.6 Å². The van der Waals surface area contributed by atoms with E-state index in [4.69, 9.17) is 9.84 Å². The summed E-state index contributed by atoms with van der Waals surface area (Å²) < 4.78 is 6.24. The zero-order chi connectivity index (χ0) is 27.9. The second-order valence-corrected chi connectivity index (χ2v) is 15.9. The van der Waals surface area contributed by atoms with E-state index in [1.807, 2.05) is 6.92 Å². The van der Waals surface area contributed by atoms with Gasteiger partial charge in [-0.15, -0.1) is 0 Å². The average Bonchev–Trinajstić information content (AvgIpc) is 2.82. The summed E-state index contributed by atoms with van der Waals surface area (Å²) in [4.78, 5) is 23.4. The molecule has 2 N–H and O–H groups in total. The molecule has 5 nitrogen and oxygen atoms in total. The van der Waals surface area contributed by atoms with Crippen LogP contribution in [0.4, 0.5) is 0 Å². The van der Waals surface area contributed by atoms with Crippen LogP contribution in [0.1, 0.15) is 119 Å². The van der Waals surface area contributed by atoms with Crippen molar-refractivity contribution in [3.05, 3.63) is 11.6 Å². The molecular weight excluding hydrogens is 476 g/mol. The molecule has 38 heavy (non-hydrogen) atoms. The minimum Gasteiger partial charge on any atom is -0.481 e. The molecule has 2 unspecified atom stereocenters. The second kappa shape index (κ2) is 8.82. The van der Waals surface area contributed by atoms with Crippen LogP contribution in [-0.4, -0.2) is 34.9 Å². The Hall–Kier alpha value is -1.36. The standard InChI is InChI=1S/C33H52O5/c1-28(2)23-10-14-33(7)24(31(23,5)13-11-25(28)38-19-12-26(34)35)9-8-21-22-20-30(4,27(36)37)16-15-29(22,3)17-18-32(21,33)6/h8,22-25H,9-20H2,1-7H3,(H,34,35)(H,36,37)/t22-,23?,24+,25-,29+,30?,31-,32+,33+/m0/s1. The van der Waals surface area contributed by atoms with Crippen LogP contribution in [0, 0.1) is 50.2 Å². The lowest BCUT2D eigenvalue weighted by Crippen LogP contribution is -2.64. The summed E-state index contributed by atoms with van der Waals surface area (Å²) in [6.45, 7) is 17.2. The number of rotatable bonds is 5. The lowest BCUT2D eigenvalue weighted by molar-refractivity contribution is -0.211. The Labute approximate surface area is 230 Å². The maximum Gasteiger partial charge on any atom is 0.309 e. The molecular formula is C33H52O5. The highest BCUT2D eigenvalue weighted by atomic mass is 16.5.